The van der Waals surface area contributed by atoms with E-state index in [1.54, 1.807) is 0 Å². The van der Waals surface area contributed by atoms with Crippen LogP contribution in [0.4, 0.5) is 0 Å². The third-order valence-electron chi connectivity index (χ3n) is 3.84. The van der Waals surface area contributed by atoms with Gasteiger partial charge in [0.25, 0.3) is 0 Å². The highest BCUT2D eigenvalue weighted by Crippen LogP contribution is 2.22. The lowest BCUT2D eigenvalue weighted by molar-refractivity contribution is 0.165. The molecule has 0 saturated heterocycles. The monoisotopic (exact) mass is 244 g/mol. The zero-order valence-corrected chi connectivity index (χ0v) is 13.3. The van der Waals surface area contributed by atoms with Crippen molar-refractivity contribution < 1.29 is 4.43 Å². The lowest BCUT2D eigenvalue weighted by atomic mass is 9.95. The Morgan fingerprint density at radius 1 is 0.875 bits per heavy atom. The van der Waals surface area contributed by atoms with Crippen molar-refractivity contribution in [3.05, 3.63) is 0 Å². The highest BCUT2D eigenvalue weighted by atomic mass is 28.4. The van der Waals surface area contributed by atoms with Gasteiger partial charge in [-0.3, -0.25) is 0 Å². The Hall–Kier alpha value is 0.177. The Bertz CT molecular complexity index is 164. The van der Waals surface area contributed by atoms with Gasteiger partial charge in [-0.05, 0) is 44.3 Å². The van der Waals surface area contributed by atoms with Crippen LogP contribution in [0.15, 0.2) is 0 Å². The van der Waals surface area contributed by atoms with E-state index < -0.39 is 8.32 Å². The van der Waals surface area contributed by atoms with E-state index in [1.807, 2.05) is 0 Å². The molecular formula is C14H32OSi. The first kappa shape index (κ1) is 16.2. The van der Waals surface area contributed by atoms with Crippen molar-refractivity contribution in [1.29, 1.82) is 0 Å². The molecule has 0 fully saturated rings. The summed E-state index contributed by atoms with van der Waals surface area (Å²) >= 11 is 0. The summed E-state index contributed by atoms with van der Waals surface area (Å²) in [5, 5.41) is 0. The molecule has 1 unspecified atom stereocenters. The molecule has 0 aromatic rings. The third-order valence-corrected chi connectivity index (χ3v) is 6.52. The summed E-state index contributed by atoms with van der Waals surface area (Å²) < 4.78 is 6.31. The van der Waals surface area contributed by atoms with Gasteiger partial charge >= 0.3 is 0 Å². The molecule has 0 aliphatic heterocycles. The Labute approximate surface area is 104 Å². The standard InChI is InChI=1S/C14H32OSi/c1-7-13(8-2)11-12-14(9-3)15-16(5,6)10-4/h13-14H,7-12H2,1-6H3. The molecule has 0 heterocycles. The Morgan fingerprint density at radius 3 is 1.81 bits per heavy atom. The van der Waals surface area contributed by atoms with Gasteiger partial charge in [0, 0.05) is 6.10 Å². The molecule has 0 spiro atoms. The van der Waals surface area contributed by atoms with Gasteiger partial charge in [-0.1, -0.05) is 40.5 Å². The predicted octanol–water partition coefficient (Wildman–Crippen LogP) is 5.22. The van der Waals surface area contributed by atoms with Gasteiger partial charge in [-0.15, -0.1) is 0 Å². The zero-order chi connectivity index (χ0) is 12.6. The molecular weight excluding hydrogens is 212 g/mol. The molecule has 16 heavy (non-hydrogen) atoms. The number of hydrogen-bond acceptors (Lipinski definition) is 1. The first-order valence-corrected chi connectivity index (χ1v) is 10.3. The molecule has 2 heteroatoms. The van der Waals surface area contributed by atoms with Crippen molar-refractivity contribution in [2.45, 2.75) is 85.0 Å². The summed E-state index contributed by atoms with van der Waals surface area (Å²) in [6, 6.07) is 1.23. The van der Waals surface area contributed by atoms with E-state index in [1.165, 1.54) is 38.1 Å². The second kappa shape index (κ2) is 8.29. The molecule has 0 aliphatic carbocycles. The maximum Gasteiger partial charge on any atom is 0.186 e. The number of hydrogen-bond donors (Lipinski definition) is 0. The number of rotatable bonds is 9. The maximum atomic E-state index is 6.31. The summed E-state index contributed by atoms with van der Waals surface area (Å²) in [5.74, 6) is 0.907. The van der Waals surface area contributed by atoms with E-state index in [9.17, 15) is 0 Å². The molecule has 0 saturated carbocycles. The highest BCUT2D eigenvalue weighted by molar-refractivity contribution is 6.71. The van der Waals surface area contributed by atoms with Crippen molar-refractivity contribution in [2.75, 3.05) is 0 Å². The molecule has 98 valence electrons. The Kier molecular flexibility index (Phi) is 8.39. The van der Waals surface area contributed by atoms with E-state index in [0.717, 1.165) is 5.92 Å². The average molecular weight is 244 g/mol. The Morgan fingerprint density at radius 2 is 1.44 bits per heavy atom. The van der Waals surface area contributed by atoms with E-state index in [-0.39, 0.29) is 0 Å². The van der Waals surface area contributed by atoms with Crippen molar-refractivity contribution in [3.63, 3.8) is 0 Å². The van der Waals surface area contributed by atoms with E-state index in [4.69, 9.17) is 4.43 Å². The van der Waals surface area contributed by atoms with Crippen LogP contribution < -0.4 is 0 Å². The van der Waals surface area contributed by atoms with Crippen LogP contribution in [-0.2, 0) is 4.43 Å². The van der Waals surface area contributed by atoms with Crippen molar-refractivity contribution in [3.8, 4) is 0 Å². The fraction of sp³-hybridized carbons (Fsp3) is 1.00. The minimum Gasteiger partial charge on any atom is -0.414 e. The topological polar surface area (TPSA) is 9.23 Å². The van der Waals surface area contributed by atoms with E-state index in [0.29, 0.717) is 6.10 Å². The predicted molar refractivity (Wildman–Crippen MR) is 76.4 cm³/mol. The third kappa shape index (κ3) is 6.69. The fourth-order valence-corrected chi connectivity index (χ4v) is 3.35. The van der Waals surface area contributed by atoms with Crippen molar-refractivity contribution in [1.82, 2.24) is 0 Å². The first-order valence-electron chi connectivity index (χ1n) is 7.16. The van der Waals surface area contributed by atoms with Crippen LogP contribution >= 0.6 is 0 Å². The van der Waals surface area contributed by atoms with Crippen molar-refractivity contribution >= 4 is 8.32 Å². The zero-order valence-electron chi connectivity index (χ0n) is 12.3. The minimum absolute atomic E-state index is 0.516. The Balaban J connectivity index is 4.01. The summed E-state index contributed by atoms with van der Waals surface area (Å²) in [4.78, 5) is 0. The van der Waals surface area contributed by atoms with Gasteiger partial charge < -0.3 is 4.43 Å². The van der Waals surface area contributed by atoms with E-state index in [2.05, 4.69) is 40.8 Å². The van der Waals surface area contributed by atoms with Crippen LogP contribution in [0.1, 0.15) is 59.8 Å². The van der Waals surface area contributed by atoms with Gasteiger partial charge in [-0.2, -0.15) is 0 Å². The average Bonchev–Trinajstić information content (AvgIpc) is 2.28. The van der Waals surface area contributed by atoms with Gasteiger partial charge in [0.05, 0.1) is 0 Å². The molecule has 0 N–H and O–H groups in total. The SMILES string of the molecule is CCC(CC)CCC(CC)O[Si](C)(C)CC. The van der Waals surface area contributed by atoms with Crippen LogP contribution in [0.25, 0.3) is 0 Å². The molecule has 1 nitrogen and oxygen atoms in total. The molecule has 0 rings (SSSR count). The summed E-state index contributed by atoms with van der Waals surface area (Å²) in [6.45, 7) is 13.8. The lowest BCUT2D eigenvalue weighted by Gasteiger charge is -2.28. The van der Waals surface area contributed by atoms with Crippen LogP contribution in [0.2, 0.25) is 19.1 Å². The van der Waals surface area contributed by atoms with E-state index >= 15 is 0 Å². The lowest BCUT2D eigenvalue weighted by Crippen LogP contribution is -2.34. The summed E-state index contributed by atoms with van der Waals surface area (Å²) in [6.07, 6.45) is 6.95. The van der Waals surface area contributed by atoms with Crippen LogP contribution in [0, 0.1) is 5.92 Å². The van der Waals surface area contributed by atoms with Crippen LogP contribution in [-0.4, -0.2) is 14.4 Å². The molecule has 0 radical (unpaired) electrons. The second-order valence-electron chi connectivity index (χ2n) is 5.52. The maximum absolute atomic E-state index is 6.31. The molecule has 0 aliphatic rings. The second-order valence-corrected chi connectivity index (χ2v) is 9.98. The largest absolute Gasteiger partial charge is 0.414 e. The van der Waals surface area contributed by atoms with Gasteiger partial charge in [-0.25, -0.2) is 0 Å². The molecule has 0 aromatic heterocycles. The molecule has 0 aromatic carbocycles. The first-order chi connectivity index (χ1) is 7.49. The van der Waals surface area contributed by atoms with Crippen LogP contribution in [0.5, 0.6) is 0 Å². The molecule has 0 bridgehead atoms. The molecule has 0 amide bonds. The fourth-order valence-electron chi connectivity index (χ4n) is 2.00. The van der Waals surface area contributed by atoms with Gasteiger partial charge in [0.15, 0.2) is 8.32 Å². The minimum atomic E-state index is -1.35. The normalized spacial score (nSPS) is 14.4. The quantitative estimate of drug-likeness (QED) is 0.505. The van der Waals surface area contributed by atoms with Crippen LogP contribution in [0.3, 0.4) is 0 Å². The summed E-state index contributed by atoms with van der Waals surface area (Å²) in [7, 11) is -1.35. The van der Waals surface area contributed by atoms with Gasteiger partial charge in [0.1, 0.15) is 0 Å². The highest BCUT2D eigenvalue weighted by Gasteiger charge is 2.23. The molecule has 1 atom stereocenters. The summed E-state index contributed by atoms with van der Waals surface area (Å²) in [5.41, 5.74) is 0. The van der Waals surface area contributed by atoms with Gasteiger partial charge in [0.2, 0.25) is 0 Å². The van der Waals surface area contributed by atoms with Crippen molar-refractivity contribution in [2.24, 2.45) is 5.92 Å². The smallest absolute Gasteiger partial charge is 0.186 e.